The zero-order valence-corrected chi connectivity index (χ0v) is 13.3. The minimum Gasteiger partial charge on any atom is -0.481 e. The Morgan fingerprint density at radius 1 is 1.22 bits per heavy atom. The monoisotopic (exact) mass is 327 g/mol. The number of carbonyl (C=O) groups excluding carboxylic acids is 1. The number of benzene rings is 1. The molecule has 0 radical (unpaired) electrons. The summed E-state index contributed by atoms with van der Waals surface area (Å²) < 4.78 is 0. The molecule has 23 heavy (non-hydrogen) atoms. The van der Waals surface area contributed by atoms with Crippen molar-refractivity contribution in [3.8, 4) is 0 Å². The minimum absolute atomic E-state index is 0.108. The zero-order chi connectivity index (χ0) is 16.2. The van der Waals surface area contributed by atoms with Gasteiger partial charge in [-0.2, -0.15) is 0 Å². The average molecular weight is 327 g/mol. The number of aryl methyl sites for hydroxylation is 1. The number of nitrogens with one attached hydrogen (secondary N) is 1. The lowest BCUT2D eigenvalue weighted by Gasteiger charge is -2.18. The number of thiophene rings is 1. The van der Waals surface area contributed by atoms with Gasteiger partial charge in [0.15, 0.2) is 0 Å². The molecule has 0 spiro atoms. The van der Waals surface area contributed by atoms with Crippen molar-refractivity contribution in [2.75, 3.05) is 0 Å². The molecule has 4 nitrogen and oxygen atoms in total. The smallest absolute Gasteiger partial charge is 0.308 e. The van der Waals surface area contributed by atoms with Crippen LogP contribution in [0.2, 0.25) is 0 Å². The van der Waals surface area contributed by atoms with Crippen LogP contribution in [0, 0.1) is 0 Å². The molecular formula is C18H17NO3S. The minimum atomic E-state index is -0.999. The zero-order valence-electron chi connectivity index (χ0n) is 12.5. The van der Waals surface area contributed by atoms with Crippen LogP contribution in [-0.2, 0) is 16.0 Å². The predicted molar refractivity (Wildman–Crippen MR) is 90.2 cm³/mol. The third kappa shape index (κ3) is 3.68. The molecule has 2 N–H and O–H groups in total. The van der Waals surface area contributed by atoms with Crippen molar-refractivity contribution in [2.24, 2.45) is 0 Å². The lowest BCUT2D eigenvalue weighted by molar-refractivity contribution is -0.137. The van der Waals surface area contributed by atoms with Crippen LogP contribution in [0.1, 0.15) is 34.9 Å². The lowest BCUT2D eigenvalue weighted by atomic mass is 9.97. The lowest BCUT2D eigenvalue weighted by Crippen LogP contribution is -2.29. The molecular weight excluding hydrogens is 310 g/mol. The van der Waals surface area contributed by atoms with Crippen molar-refractivity contribution in [1.29, 1.82) is 0 Å². The van der Waals surface area contributed by atoms with E-state index in [1.165, 1.54) is 4.88 Å². The van der Waals surface area contributed by atoms with Crippen molar-refractivity contribution in [1.82, 2.24) is 5.32 Å². The van der Waals surface area contributed by atoms with E-state index in [0.29, 0.717) is 5.57 Å². The number of carboxylic acid groups (broad SMARTS) is 1. The number of carbonyl (C=O) groups is 2. The van der Waals surface area contributed by atoms with Gasteiger partial charge in [-0.25, -0.2) is 0 Å². The van der Waals surface area contributed by atoms with Crippen LogP contribution >= 0.6 is 11.3 Å². The second kappa shape index (κ2) is 6.79. The summed E-state index contributed by atoms with van der Waals surface area (Å²) in [5.74, 6) is -1.29. The standard InChI is InChI=1S/C18H17NO3S/c20-17(21)11-13-10-12-4-1-2-6-15(12)16(19-18(13)22)8-7-14-5-3-9-23-14/h1-6,9-10,16H,7-8,11H2,(H,19,22)(H,20,21). The largest absolute Gasteiger partial charge is 0.481 e. The van der Waals surface area contributed by atoms with Gasteiger partial charge in [0, 0.05) is 10.5 Å². The Labute approximate surface area is 138 Å². The Hall–Kier alpha value is -2.40. The van der Waals surface area contributed by atoms with Gasteiger partial charge in [-0.3, -0.25) is 9.59 Å². The molecule has 2 heterocycles. The summed E-state index contributed by atoms with van der Waals surface area (Å²) in [5, 5.41) is 14.0. The highest BCUT2D eigenvalue weighted by atomic mass is 32.1. The highest BCUT2D eigenvalue weighted by molar-refractivity contribution is 7.09. The second-order valence-corrected chi connectivity index (χ2v) is 6.55. The molecule has 1 amide bonds. The number of aliphatic carboxylic acids is 1. The van der Waals surface area contributed by atoms with Crippen molar-refractivity contribution in [2.45, 2.75) is 25.3 Å². The average Bonchev–Trinajstić information content (AvgIpc) is 3.00. The summed E-state index contributed by atoms with van der Waals surface area (Å²) >= 11 is 1.70. The van der Waals surface area contributed by atoms with Gasteiger partial charge in [-0.15, -0.1) is 11.3 Å². The number of hydrogen-bond donors (Lipinski definition) is 2. The maximum Gasteiger partial charge on any atom is 0.308 e. The maximum atomic E-state index is 12.3. The summed E-state index contributed by atoms with van der Waals surface area (Å²) in [6.45, 7) is 0. The molecule has 0 fully saturated rings. The Balaban J connectivity index is 1.86. The quantitative estimate of drug-likeness (QED) is 0.884. The SMILES string of the molecule is O=C(O)CC1=Cc2ccccc2C(CCc2cccs2)NC1=O. The van der Waals surface area contributed by atoms with Crippen LogP contribution < -0.4 is 5.32 Å². The van der Waals surface area contributed by atoms with E-state index in [9.17, 15) is 9.59 Å². The predicted octanol–water partition coefficient (Wildman–Crippen LogP) is 3.41. The first-order valence-electron chi connectivity index (χ1n) is 7.48. The van der Waals surface area contributed by atoms with Gasteiger partial charge < -0.3 is 10.4 Å². The van der Waals surface area contributed by atoms with Crippen molar-refractivity contribution in [3.05, 3.63) is 63.4 Å². The van der Waals surface area contributed by atoms with Crippen molar-refractivity contribution < 1.29 is 14.7 Å². The van der Waals surface area contributed by atoms with Crippen LogP contribution in [0.15, 0.2) is 47.4 Å². The highest BCUT2D eigenvalue weighted by Crippen LogP contribution is 2.29. The molecule has 118 valence electrons. The van der Waals surface area contributed by atoms with Gasteiger partial charge in [0.05, 0.1) is 12.5 Å². The van der Waals surface area contributed by atoms with E-state index >= 15 is 0 Å². The summed E-state index contributed by atoms with van der Waals surface area (Å²) in [6, 6.07) is 11.8. The fraction of sp³-hybridized carbons (Fsp3) is 0.222. The van der Waals surface area contributed by atoms with E-state index in [4.69, 9.17) is 5.11 Å². The summed E-state index contributed by atoms with van der Waals surface area (Å²) in [7, 11) is 0. The normalized spacial score (nSPS) is 17.0. The highest BCUT2D eigenvalue weighted by Gasteiger charge is 2.24. The third-order valence-corrected chi connectivity index (χ3v) is 4.84. The maximum absolute atomic E-state index is 12.3. The Kier molecular flexibility index (Phi) is 4.57. The van der Waals surface area contributed by atoms with Gasteiger partial charge in [0.25, 0.3) is 0 Å². The fourth-order valence-electron chi connectivity index (χ4n) is 2.80. The first kappa shape index (κ1) is 15.5. The molecule has 3 rings (SSSR count). The van der Waals surface area contributed by atoms with Crippen LogP contribution in [0.5, 0.6) is 0 Å². The molecule has 1 aromatic heterocycles. The van der Waals surface area contributed by atoms with Crippen molar-refractivity contribution >= 4 is 29.3 Å². The van der Waals surface area contributed by atoms with Gasteiger partial charge >= 0.3 is 5.97 Å². The van der Waals surface area contributed by atoms with Gasteiger partial charge in [-0.05, 0) is 41.5 Å². The number of hydrogen-bond acceptors (Lipinski definition) is 3. The molecule has 2 aromatic rings. The van der Waals surface area contributed by atoms with Gasteiger partial charge in [-0.1, -0.05) is 30.3 Å². The molecule has 1 atom stereocenters. The Bertz CT molecular complexity index is 749. The molecule has 1 aromatic carbocycles. The number of carboxylic acids is 1. The molecule has 1 unspecified atom stereocenters. The Morgan fingerprint density at radius 3 is 2.78 bits per heavy atom. The van der Waals surface area contributed by atoms with E-state index in [-0.39, 0.29) is 18.4 Å². The number of fused-ring (bicyclic) bond motifs is 1. The van der Waals surface area contributed by atoms with E-state index < -0.39 is 5.97 Å². The van der Waals surface area contributed by atoms with Crippen LogP contribution in [-0.4, -0.2) is 17.0 Å². The molecule has 0 saturated carbocycles. The van der Waals surface area contributed by atoms with Crippen LogP contribution in [0.25, 0.3) is 6.08 Å². The molecule has 0 aliphatic carbocycles. The van der Waals surface area contributed by atoms with Crippen LogP contribution in [0.3, 0.4) is 0 Å². The van der Waals surface area contributed by atoms with E-state index in [0.717, 1.165) is 24.0 Å². The van der Waals surface area contributed by atoms with Gasteiger partial charge in [0.1, 0.15) is 0 Å². The Morgan fingerprint density at radius 2 is 2.04 bits per heavy atom. The van der Waals surface area contributed by atoms with E-state index in [1.807, 2.05) is 35.7 Å². The second-order valence-electron chi connectivity index (χ2n) is 5.51. The molecule has 0 saturated heterocycles. The first-order chi connectivity index (χ1) is 11.1. The molecule has 0 bridgehead atoms. The molecule has 5 heteroatoms. The summed E-state index contributed by atoms with van der Waals surface area (Å²) in [4.78, 5) is 24.6. The number of amides is 1. The number of rotatable bonds is 5. The molecule has 1 aliphatic rings. The topological polar surface area (TPSA) is 66.4 Å². The fourth-order valence-corrected chi connectivity index (χ4v) is 3.53. The van der Waals surface area contributed by atoms with Gasteiger partial charge in [0.2, 0.25) is 5.91 Å². The van der Waals surface area contributed by atoms with Crippen LogP contribution in [0.4, 0.5) is 0 Å². The van der Waals surface area contributed by atoms with Crippen molar-refractivity contribution in [3.63, 3.8) is 0 Å². The summed E-state index contributed by atoms with van der Waals surface area (Å²) in [6.07, 6.45) is 3.10. The van der Waals surface area contributed by atoms with E-state index in [2.05, 4.69) is 11.4 Å². The summed E-state index contributed by atoms with van der Waals surface area (Å²) in [5.41, 5.74) is 2.25. The third-order valence-electron chi connectivity index (χ3n) is 3.90. The first-order valence-corrected chi connectivity index (χ1v) is 8.36. The van der Waals surface area contributed by atoms with E-state index in [1.54, 1.807) is 17.4 Å². The molecule has 1 aliphatic heterocycles.